The highest BCUT2D eigenvalue weighted by Crippen LogP contribution is 2.53. The molecule has 9 aromatic carbocycles. The third kappa shape index (κ3) is 4.86. The van der Waals surface area contributed by atoms with E-state index >= 15 is 0 Å². The van der Waals surface area contributed by atoms with E-state index in [0.717, 1.165) is 0 Å². The van der Waals surface area contributed by atoms with Gasteiger partial charge >= 0.3 is 0 Å². The Morgan fingerprint density at radius 1 is 0.368 bits per heavy atom. The summed E-state index contributed by atoms with van der Waals surface area (Å²) >= 11 is 0. The molecular weight excluding hydrogens is 685 g/mol. The van der Waals surface area contributed by atoms with E-state index in [1.165, 1.54) is 121 Å². The van der Waals surface area contributed by atoms with Gasteiger partial charge in [-0.05, 0) is 152 Å². The highest BCUT2D eigenvalue weighted by Gasteiger charge is 2.37. The molecule has 0 heteroatoms. The van der Waals surface area contributed by atoms with Crippen molar-refractivity contribution in [1.82, 2.24) is 0 Å². The van der Waals surface area contributed by atoms with E-state index in [2.05, 4.69) is 201 Å². The molecule has 0 heterocycles. The minimum Gasteiger partial charge on any atom is -0.0619 e. The van der Waals surface area contributed by atoms with Crippen molar-refractivity contribution in [1.29, 1.82) is 0 Å². The Bertz CT molecular complexity index is 3120. The smallest absolute Gasteiger partial charge is 0.0159 e. The van der Waals surface area contributed by atoms with E-state index in [4.69, 9.17) is 0 Å². The summed E-state index contributed by atoms with van der Waals surface area (Å²) in [7, 11) is 0. The molecule has 0 fully saturated rings. The molecule has 2 aliphatic carbocycles. The normalized spacial score (nSPS) is 14.9. The largest absolute Gasteiger partial charge is 0.0619 e. The van der Waals surface area contributed by atoms with Gasteiger partial charge in [0.2, 0.25) is 0 Å². The third-order valence-electron chi connectivity index (χ3n) is 13.9. The first-order valence-corrected chi connectivity index (χ1v) is 20.7. The van der Waals surface area contributed by atoms with Crippen molar-refractivity contribution in [3.05, 3.63) is 179 Å². The molecule has 9 aromatic rings. The topological polar surface area (TPSA) is 0 Å². The van der Waals surface area contributed by atoms with Crippen molar-refractivity contribution < 1.29 is 0 Å². The Hall–Kier alpha value is -5.98. The fraction of sp³-hybridized carbons (Fsp3) is 0.193. The number of hydrogen-bond donors (Lipinski definition) is 0. The van der Waals surface area contributed by atoms with Crippen LogP contribution in [0, 0.1) is 6.92 Å². The van der Waals surface area contributed by atoms with Crippen LogP contribution in [0.15, 0.2) is 146 Å². The average Bonchev–Trinajstić information content (AvgIpc) is 3.58. The van der Waals surface area contributed by atoms with Gasteiger partial charge in [-0.1, -0.05) is 176 Å². The monoisotopic (exact) mass is 732 g/mol. The summed E-state index contributed by atoms with van der Waals surface area (Å²) in [5.74, 6) is 0. The van der Waals surface area contributed by atoms with Crippen LogP contribution in [0.3, 0.4) is 0 Å². The van der Waals surface area contributed by atoms with Gasteiger partial charge < -0.3 is 0 Å². The molecule has 0 bridgehead atoms. The van der Waals surface area contributed by atoms with Crippen molar-refractivity contribution in [2.45, 2.75) is 71.6 Å². The number of rotatable bonds is 3. The quantitative estimate of drug-likeness (QED) is 0.159. The van der Waals surface area contributed by atoms with Crippen molar-refractivity contribution in [2.75, 3.05) is 0 Å². The zero-order chi connectivity index (χ0) is 39.2. The van der Waals surface area contributed by atoms with Gasteiger partial charge in [0.1, 0.15) is 0 Å². The predicted molar refractivity (Wildman–Crippen MR) is 245 cm³/mol. The lowest BCUT2D eigenvalue weighted by molar-refractivity contribution is 0.591. The molecule has 0 unspecified atom stereocenters. The fourth-order valence-corrected chi connectivity index (χ4v) is 10.6. The molecule has 0 radical (unpaired) electrons. The second kappa shape index (κ2) is 11.5. The summed E-state index contributed by atoms with van der Waals surface area (Å²) in [4.78, 5) is 0. The van der Waals surface area contributed by atoms with E-state index in [0.29, 0.717) is 0 Å². The summed E-state index contributed by atoms with van der Waals surface area (Å²) in [5.41, 5.74) is 21.4. The first-order valence-electron chi connectivity index (χ1n) is 20.7. The molecule has 276 valence electrons. The highest BCUT2D eigenvalue weighted by molar-refractivity contribution is 6.26. The van der Waals surface area contributed by atoms with Crippen LogP contribution in [0.5, 0.6) is 0 Å². The Kier molecular flexibility index (Phi) is 6.95. The zero-order valence-corrected chi connectivity index (χ0v) is 34.4. The van der Waals surface area contributed by atoms with Crippen LogP contribution in [0.25, 0.3) is 88.0 Å². The molecule has 0 nitrogen and oxygen atoms in total. The third-order valence-corrected chi connectivity index (χ3v) is 13.9. The van der Waals surface area contributed by atoms with Gasteiger partial charge in [0.05, 0.1) is 0 Å². The Labute approximate surface area is 337 Å². The molecule has 11 rings (SSSR count). The summed E-state index contributed by atoms with van der Waals surface area (Å²) < 4.78 is 0. The van der Waals surface area contributed by atoms with E-state index in [1.54, 1.807) is 0 Å². The van der Waals surface area contributed by atoms with E-state index in [1.807, 2.05) is 0 Å². The van der Waals surface area contributed by atoms with Crippen LogP contribution in [-0.2, 0) is 16.2 Å². The Morgan fingerprint density at radius 3 is 1.39 bits per heavy atom. The first-order chi connectivity index (χ1) is 27.3. The van der Waals surface area contributed by atoms with Gasteiger partial charge in [0, 0.05) is 10.8 Å². The Balaban J connectivity index is 0.934. The zero-order valence-electron chi connectivity index (χ0n) is 34.4. The minimum atomic E-state index is -0.115. The summed E-state index contributed by atoms with van der Waals surface area (Å²) in [5, 5.41) is 8.12. The second-order valence-corrected chi connectivity index (χ2v) is 19.0. The minimum absolute atomic E-state index is 0.0135. The lowest BCUT2D eigenvalue weighted by atomic mass is 9.80. The maximum atomic E-state index is 2.46. The molecule has 2 aliphatic rings. The molecule has 0 aromatic heterocycles. The molecule has 0 amide bonds. The molecule has 0 aliphatic heterocycles. The van der Waals surface area contributed by atoms with Gasteiger partial charge in [-0.3, -0.25) is 0 Å². The van der Waals surface area contributed by atoms with Crippen LogP contribution < -0.4 is 0 Å². The number of benzene rings is 9. The molecule has 0 spiro atoms. The van der Waals surface area contributed by atoms with Crippen LogP contribution in [0.1, 0.15) is 81.8 Å². The number of aryl methyl sites for hydroxylation is 1. The van der Waals surface area contributed by atoms with Gasteiger partial charge in [-0.25, -0.2) is 0 Å². The number of fused-ring (bicyclic) bond motifs is 6. The van der Waals surface area contributed by atoms with Crippen LogP contribution >= 0.6 is 0 Å². The second-order valence-electron chi connectivity index (χ2n) is 19.0. The van der Waals surface area contributed by atoms with Crippen molar-refractivity contribution in [3.63, 3.8) is 0 Å². The molecular formula is C57H48. The van der Waals surface area contributed by atoms with Crippen LogP contribution in [0.2, 0.25) is 0 Å². The highest BCUT2D eigenvalue weighted by atomic mass is 14.4. The summed E-state index contributed by atoms with van der Waals surface area (Å²) in [6, 6.07) is 56.1. The molecule has 57 heavy (non-hydrogen) atoms. The molecule has 0 N–H and O–H groups in total. The Morgan fingerprint density at radius 2 is 0.825 bits per heavy atom. The fourth-order valence-electron chi connectivity index (χ4n) is 10.6. The standard InChI is InChI=1S/C57H48/c1-33-27-48(47-26-21-40-29-41(55(2,3)4)28-39-20-22-42(33)54(47)53(39)40)35-15-13-34(14-16-35)36-17-23-45-46-25-19-38(32-52(46)57(7,8)51(45)30-36)37-18-24-44-43-11-9-10-12-49(43)56(5,6)50(44)31-37/h9-32H,1-8H3. The van der Waals surface area contributed by atoms with Crippen LogP contribution in [0.4, 0.5) is 0 Å². The summed E-state index contributed by atoms with van der Waals surface area (Å²) in [6.07, 6.45) is 0. The van der Waals surface area contributed by atoms with E-state index in [9.17, 15) is 0 Å². The maximum absolute atomic E-state index is 2.46. The number of hydrogen-bond acceptors (Lipinski definition) is 0. The lowest BCUT2D eigenvalue weighted by Gasteiger charge is -2.23. The molecule has 0 saturated carbocycles. The van der Waals surface area contributed by atoms with Gasteiger partial charge in [-0.15, -0.1) is 0 Å². The molecule has 0 saturated heterocycles. The van der Waals surface area contributed by atoms with Gasteiger partial charge in [0.15, 0.2) is 0 Å². The van der Waals surface area contributed by atoms with Gasteiger partial charge in [0.25, 0.3) is 0 Å². The van der Waals surface area contributed by atoms with Gasteiger partial charge in [-0.2, -0.15) is 0 Å². The summed E-state index contributed by atoms with van der Waals surface area (Å²) in [6.45, 7) is 18.7. The van der Waals surface area contributed by atoms with Crippen LogP contribution in [-0.4, -0.2) is 0 Å². The van der Waals surface area contributed by atoms with Crippen molar-refractivity contribution in [2.24, 2.45) is 0 Å². The van der Waals surface area contributed by atoms with E-state index < -0.39 is 0 Å². The maximum Gasteiger partial charge on any atom is 0.0159 e. The lowest BCUT2D eigenvalue weighted by Crippen LogP contribution is -2.15. The van der Waals surface area contributed by atoms with Crippen molar-refractivity contribution >= 4 is 32.3 Å². The average molecular weight is 733 g/mol. The van der Waals surface area contributed by atoms with Crippen molar-refractivity contribution in [3.8, 4) is 55.6 Å². The predicted octanol–water partition coefficient (Wildman–Crippen LogP) is 15.8. The first kappa shape index (κ1) is 34.3. The van der Waals surface area contributed by atoms with E-state index in [-0.39, 0.29) is 16.2 Å². The molecule has 0 atom stereocenters. The SMILES string of the molecule is Cc1cc(-c2ccc(-c3ccc4c(c3)C(C)(C)c3cc(-c5ccc6c(c5)C(C)(C)c5ccccc5-6)ccc3-4)cc2)c2ccc3cc(C(C)(C)C)cc4ccc1c2c43.